The molecule has 5 rings (SSSR count). The van der Waals surface area contributed by atoms with E-state index in [1.54, 1.807) is 6.20 Å². The van der Waals surface area contributed by atoms with Crippen molar-refractivity contribution in [1.29, 1.82) is 0 Å². The summed E-state index contributed by atoms with van der Waals surface area (Å²) in [6.07, 6.45) is 9.70. The molecular weight excluding hydrogens is 390 g/mol. The zero-order valence-electron chi connectivity index (χ0n) is 18.0. The van der Waals surface area contributed by atoms with Crippen LogP contribution < -0.4 is 10.9 Å². The van der Waals surface area contributed by atoms with Gasteiger partial charge in [-0.3, -0.25) is 14.3 Å². The largest absolute Gasteiger partial charge is 0.339 e. The zero-order valence-corrected chi connectivity index (χ0v) is 18.0. The summed E-state index contributed by atoms with van der Waals surface area (Å²) in [5.41, 5.74) is 3.22. The fourth-order valence-electron chi connectivity index (χ4n) is 5.00. The predicted octanol–water partition coefficient (Wildman–Crippen LogP) is 4.52. The van der Waals surface area contributed by atoms with Crippen molar-refractivity contribution in [1.82, 2.24) is 19.7 Å². The number of pyridine rings is 1. The number of aromatic nitrogens is 3. The second kappa shape index (κ2) is 8.21. The average molecular weight is 420 g/mol. The number of rotatable bonds is 4. The van der Waals surface area contributed by atoms with E-state index < -0.39 is 0 Å². The Labute approximate surface area is 181 Å². The van der Waals surface area contributed by atoms with E-state index in [9.17, 15) is 9.59 Å². The maximum absolute atomic E-state index is 12.8. The molecular formula is C24H29N5O2. The van der Waals surface area contributed by atoms with Crippen LogP contribution in [0.15, 0.2) is 35.3 Å². The van der Waals surface area contributed by atoms with Gasteiger partial charge in [0.15, 0.2) is 5.82 Å². The second-order valence-corrected chi connectivity index (χ2v) is 8.81. The Morgan fingerprint density at radius 2 is 1.87 bits per heavy atom. The molecule has 1 aliphatic heterocycles. The van der Waals surface area contributed by atoms with Crippen LogP contribution in [0.3, 0.4) is 0 Å². The topological polar surface area (TPSA) is 83.0 Å². The highest BCUT2D eigenvalue weighted by molar-refractivity contribution is 5.96. The summed E-state index contributed by atoms with van der Waals surface area (Å²) in [6.45, 7) is 3.64. The van der Waals surface area contributed by atoms with Gasteiger partial charge in [0.05, 0.1) is 11.6 Å². The van der Waals surface area contributed by atoms with Crippen molar-refractivity contribution in [2.75, 3.05) is 18.4 Å². The minimum Gasteiger partial charge on any atom is -0.339 e. The van der Waals surface area contributed by atoms with E-state index in [0.717, 1.165) is 61.1 Å². The highest BCUT2D eigenvalue weighted by Gasteiger charge is 2.23. The van der Waals surface area contributed by atoms with Crippen LogP contribution in [-0.4, -0.2) is 38.7 Å². The third-order valence-electron chi connectivity index (χ3n) is 6.66. The quantitative estimate of drug-likeness (QED) is 0.651. The van der Waals surface area contributed by atoms with Crippen LogP contribution in [0.2, 0.25) is 0 Å². The third-order valence-corrected chi connectivity index (χ3v) is 6.66. The number of aromatic amines is 1. The molecule has 1 saturated carbocycles. The fraction of sp³-hybridized carbons (Fsp3) is 0.458. The molecule has 2 fully saturated rings. The Hall–Kier alpha value is -3.09. The minimum absolute atomic E-state index is 0.102. The maximum atomic E-state index is 12.8. The fourth-order valence-corrected chi connectivity index (χ4v) is 5.00. The summed E-state index contributed by atoms with van der Waals surface area (Å²) in [7, 11) is 0. The lowest BCUT2D eigenvalue weighted by Gasteiger charge is -2.22. The summed E-state index contributed by atoms with van der Waals surface area (Å²) >= 11 is 0. The standard InChI is InChI=1S/C24H29N5O2/c1-16-15-17(9-10-19(16)24(31)28-13-5-6-14-28)26-22-21-20(11-12-25-23(21)30)29(27-22)18-7-3-2-4-8-18/h9-12,15,18H,2-8,13-14H2,1H3,(H,25,30)(H,26,27). The van der Waals surface area contributed by atoms with Gasteiger partial charge in [0, 0.05) is 30.5 Å². The first kappa shape index (κ1) is 19.8. The van der Waals surface area contributed by atoms with E-state index in [2.05, 4.69) is 10.3 Å². The lowest BCUT2D eigenvalue weighted by atomic mass is 9.95. The van der Waals surface area contributed by atoms with Crippen molar-refractivity contribution < 1.29 is 4.79 Å². The molecule has 0 bridgehead atoms. The zero-order chi connectivity index (χ0) is 21.4. The summed E-state index contributed by atoms with van der Waals surface area (Å²) in [5.74, 6) is 0.672. The van der Waals surface area contributed by atoms with Gasteiger partial charge in [-0.15, -0.1) is 0 Å². The molecule has 2 N–H and O–H groups in total. The highest BCUT2D eigenvalue weighted by Crippen LogP contribution is 2.33. The van der Waals surface area contributed by atoms with Gasteiger partial charge in [-0.25, -0.2) is 0 Å². The van der Waals surface area contributed by atoms with Crippen molar-refractivity contribution in [2.45, 2.75) is 57.9 Å². The van der Waals surface area contributed by atoms with Gasteiger partial charge in [0.1, 0.15) is 5.39 Å². The Morgan fingerprint density at radius 1 is 1.10 bits per heavy atom. The van der Waals surface area contributed by atoms with Gasteiger partial charge < -0.3 is 15.2 Å². The molecule has 162 valence electrons. The molecule has 31 heavy (non-hydrogen) atoms. The van der Waals surface area contributed by atoms with E-state index in [4.69, 9.17) is 5.10 Å². The maximum Gasteiger partial charge on any atom is 0.261 e. The number of anilines is 2. The number of H-pyrrole nitrogens is 1. The molecule has 1 aliphatic carbocycles. The molecule has 2 aromatic heterocycles. The molecule has 0 unspecified atom stereocenters. The van der Waals surface area contributed by atoms with Crippen molar-refractivity contribution >= 4 is 28.3 Å². The summed E-state index contributed by atoms with van der Waals surface area (Å²) in [5, 5.41) is 8.76. The highest BCUT2D eigenvalue weighted by atomic mass is 16.2. The number of carbonyl (C=O) groups excluding carboxylic acids is 1. The van der Waals surface area contributed by atoms with Crippen LogP contribution in [0.5, 0.6) is 0 Å². The molecule has 7 nitrogen and oxygen atoms in total. The number of fused-ring (bicyclic) bond motifs is 1. The van der Waals surface area contributed by atoms with Crippen LogP contribution in [-0.2, 0) is 0 Å². The smallest absolute Gasteiger partial charge is 0.261 e. The van der Waals surface area contributed by atoms with Gasteiger partial charge in [0.25, 0.3) is 11.5 Å². The second-order valence-electron chi connectivity index (χ2n) is 8.81. The van der Waals surface area contributed by atoms with Crippen LogP contribution in [0.1, 0.15) is 66.9 Å². The van der Waals surface area contributed by atoms with E-state index in [1.165, 1.54) is 19.3 Å². The van der Waals surface area contributed by atoms with Gasteiger partial charge in [-0.1, -0.05) is 19.3 Å². The van der Waals surface area contributed by atoms with Crippen LogP contribution in [0.4, 0.5) is 11.5 Å². The lowest BCUT2D eigenvalue weighted by Crippen LogP contribution is -2.28. The number of nitrogens with zero attached hydrogens (tertiary/aromatic N) is 3. The summed E-state index contributed by atoms with van der Waals surface area (Å²) < 4.78 is 2.03. The van der Waals surface area contributed by atoms with Crippen molar-refractivity contribution in [3.05, 3.63) is 51.9 Å². The third kappa shape index (κ3) is 3.73. The Bertz CT molecular complexity index is 1170. The molecule has 7 heteroatoms. The number of aryl methyl sites for hydroxylation is 1. The van der Waals surface area contributed by atoms with Gasteiger partial charge >= 0.3 is 0 Å². The first-order valence-corrected chi connectivity index (χ1v) is 11.4. The molecule has 0 atom stereocenters. The van der Waals surface area contributed by atoms with Gasteiger partial charge in [0.2, 0.25) is 0 Å². The van der Waals surface area contributed by atoms with Crippen molar-refractivity contribution in [2.24, 2.45) is 0 Å². The Kier molecular flexibility index (Phi) is 5.26. The van der Waals surface area contributed by atoms with Crippen molar-refractivity contribution in [3.63, 3.8) is 0 Å². The molecule has 2 aliphatic rings. The summed E-state index contributed by atoms with van der Waals surface area (Å²) in [6, 6.07) is 8.01. The Morgan fingerprint density at radius 3 is 2.61 bits per heavy atom. The number of carbonyl (C=O) groups is 1. The first-order chi connectivity index (χ1) is 15.1. The summed E-state index contributed by atoms with van der Waals surface area (Å²) in [4.78, 5) is 30.1. The average Bonchev–Trinajstić information content (AvgIpc) is 3.43. The van der Waals surface area contributed by atoms with E-state index in [1.807, 2.05) is 40.8 Å². The van der Waals surface area contributed by atoms with E-state index in [0.29, 0.717) is 17.2 Å². The van der Waals surface area contributed by atoms with E-state index in [-0.39, 0.29) is 11.5 Å². The van der Waals surface area contributed by atoms with Crippen LogP contribution in [0.25, 0.3) is 10.9 Å². The number of amides is 1. The SMILES string of the molecule is Cc1cc(Nc2nn(C3CCCCC3)c3cc[nH]c(=O)c23)ccc1C(=O)N1CCCC1. The van der Waals surface area contributed by atoms with E-state index >= 15 is 0 Å². The number of benzene rings is 1. The molecule has 0 radical (unpaired) electrons. The molecule has 1 aromatic carbocycles. The monoisotopic (exact) mass is 419 g/mol. The minimum atomic E-state index is -0.139. The molecule has 1 amide bonds. The van der Waals surface area contributed by atoms with Crippen LogP contribution >= 0.6 is 0 Å². The number of hydrogen-bond acceptors (Lipinski definition) is 4. The molecule has 3 heterocycles. The molecule has 1 saturated heterocycles. The Balaban J connectivity index is 1.47. The van der Waals surface area contributed by atoms with Crippen molar-refractivity contribution in [3.8, 4) is 0 Å². The van der Waals surface area contributed by atoms with Gasteiger partial charge in [-0.05, 0) is 62.4 Å². The number of nitrogens with one attached hydrogen (secondary N) is 2. The normalized spacial score (nSPS) is 17.4. The lowest BCUT2D eigenvalue weighted by molar-refractivity contribution is 0.0792. The van der Waals surface area contributed by atoms with Crippen LogP contribution in [0, 0.1) is 6.92 Å². The number of likely N-dealkylation sites (tertiary alicyclic amines) is 1. The molecule has 3 aromatic rings. The van der Waals surface area contributed by atoms with Gasteiger partial charge in [-0.2, -0.15) is 5.10 Å². The number of hydrogen-bond donors (Lipinski definition) is 2. The molecule has 0 spiro atoms. The predicted molar refractivity (Wildman–Crippen MR) is 122 cm³/mol. The first-order valence-electron chi connectivity index (χ1n) is 11.4.